The van der Waals surface area contributed by atoms with Gasteiger partial charge >= 0.3 is 0 Å². The Balaban J connectivity index is 2.36. The average Bonchev–Trinajstić information content (AvgIpc) is 2.79. The molecular formula is C12H16N4S2. The van der Waals surface area contributed by atoms with Crippen molar-refractivity contribution in [2.45, 2.75) is 19.4 Å². The average molecular weight is 280 g/mol. The minimum Gasteiger partial charge on any atom is -0.297 e. The van der Waals surface area contributed by atoms with Gasteiger partial charge in [0.1, 0.15) is 0 Å². The Morgan fingerprint density at radius 1 is 1.56 bits per heavy atom. The summed E-state index contributed by atoms with van der Waals surface area (Å²) in [7, 11) is 0. The van der Waals surface area contributed by atoms with Crippen LogP contribution in [-0.4, -0.2) is 31.8 Å². The molecule has 2 aromatic heterocycles. The fourth-order valence-electron chi connectivity index (χ4n) is 1.83. The van der Waals surface area contributed by atoms with Crippen molar-refractivity contribution in [2.75, 3.05) is 12.0 Å². The number of H-pyrrole nitrogens is 1. The van der Waals surface area contributed by atoms with Crippen molar-refractivity contribution in [3.63, 3.8) is 0 Å². The lowest BCUT2D eigenvalue weighted by atomic mass is 10.2. The number of nitrogens with zero attached hydrogens (tertiary/aromatic N) is 3. The largest absolute Gasteiger partial charge is 0.297 e. The molecule has 2 heterocycles. The lowest BCUT2D eigenvalue weighted by Crippen LogP contribution is -2.08. The first kappa shape index (κ1) is 13.3. The quantitative estimate of drug-likeness (QED) is 0.854. The van der Waals surface area contributed by atoms with Gasteiger partial charge in [0.25, 0.3) is 0 Å². The molecule has 0 bridgehead atoms. The third-order valence-electron chi connectivity index (χ3n) is 2.80. The van der Waals surface area contributed by atoms with Crippen molar-refractivity contribution in [3.8, 4) is 11.4 Å². The fourth-order valence-corrected chi connectivity index (χ4v) is 2.72. The molecule has 1 unspecified atom stereocenters. The number of aromatic amines is 1. The molecule has 0 amide bonds. The number of rotatable bonds is 5. The molecule has 0 aliphatic rings. The molecule has 2 aromatic rings. The standard InChI is InChI=1S/C12H16N4S2/c1-9(5-7-18-2)16-11(14-15-12(16)17)10-4-3-6-13-8-10/h3-4,6,8-9H,5,7H2,1-2H3,(H,15,17). The summed E-state index contributed by atoms with van der Waals surface area (Å²) in [5.74, 6) is 1.97. The van der Waals surface area contributed by atoms with Gasteiger partial charge < -0.3 is 0 Å². The summed E-state index contributed by atoms with van der Waals surface area (Å²) in [6.45, 7) is 2.17. The maximum atomic E-state index is 5.32. The first-order valence-electron chi connectivity index (χ1n) is 5.80. The van der Waals surface area contributed by atoms with Crippen LogP contribution in [0.2, 0.25) is 0 Å². The zero-order valence-corrected chi connectivity index (χ0v) is 12.1. The van der Waals surface area contributed by atoms with E-state index in [9.17, 15) is 0 Å². The van der Waals surface area contributed by atoms with Crippen LogP contribution in [0.3, 0.4) is 0 Å². The van der Waals surface area contributed by atoms with Gasteiger partial charge in [-0.05, 0) is 49.7 Å². The van der Waals surface area contributed by atoms with Gasteiger partial charge in [0, 0.05) is 24.0 Å². The highest BCUT2D eigenvalue weighted by molar-refractivity contribution is 7.98. The van der Waals surface area contributed by atoms with Crippen LogP contribution in [0.1, 0.15) is 19.4 Å². The molecule has 0 aliphatic carbocycles. The van der Waals surface area contributed by atoms with Crippen molar-refractivity contribution < 1.29 is 0 Å². The van der Waals surface area contributed by atoms with E-state index < -0.39 is 0 Å². The molecule has 6 heteroatoms. The number of thioether (sulfide) groups is 1. The van der Waals surface area contributed by atoms with Gasteiger partial charge in [0.05, 0.1) is 0 Å². The molecule has 0 saturated carbocycles. The molecule has 0 saturated heterocycles. The molecular weight excluding hydrogens is 264 g/mol. The Bertz CT molecular complexity index is 547. The van der Waals surface area contributed by atoms with Crippen molar-refractivity contribution in [1.82, 2.24) is 19.7 Å². The first-order chi connectivity index (χ1) is 8.74. The van der Waals surface area contributed by atoms with Gasteiger partial charge in [-0.3, -0.25) is 14.6 Å². The third kappa shape index (κ3) is 2.81. The SMILES string of the molecule is CSCCC(C)n1c(-c2cccnc2)n[nH]c1=S. The fraction of sp³-hybridized carbons (Fsp3) is 0.417. The van der Waals surface area contributed by atoms with E-state index in [1.807, 2.05) is 30.1 Å². The molecule has 18 heavy (non-hydrogen) atoms. The van der Waals surface area contributed by atoms with Gasteiger partial charge in [-0.25, -0.2) is 0 Å². The molecule has 0 aliphatic heterocycles. The Morgan fingerprint density at radius 2 is 2.39 bits per heavy atom. The number of hydrogen-bond acceptors (Lipinski definition) is 4. The maximum absolute atomic E-state index is 5.32. The lowest BCUT2D eigenvalue weighted by Gasteiger charge is -2.14. The van der Waals surface area contributed by atoms with Gasteiger partial charge in [-0.1, -0.05) is 0 Å². The Morgan fingerprint density at radius 3 is 3.06 bits per heavy atom. The van der Waals surface area contributed by atoms with Crippen LogP contribution in [0.4, 0.5) is 0 Å². The smallest absolute Gasteiger partial charge is 0.195 e. The van der Waals surface area contributed by atoms with Gasteiger partial charge in [0.2, 0.25) is 0 Å². The zero-order valence-electron chi connectivity index (χ0n) is 10.5. The van der Waals surface area contributed by atoms with E-state index in [4.69, 9.17) is 12.2 Å². The van der Waals surface area contributed by atoms with E-state index in [-0.39, 0.29) is 0 Å². The van der Waals surface area contributed by atoms with Crippen LogP contribution < -0.4 is 0 Å². The summed E-state index contributed by atoms with van der Waals surface area (Å²) in [5, 5.41) is 7.19. The molecule has 1 atom stereocenters. The van der Waals surface area contributed by atoms with Crippen LogP contribution in [0.5, 0.6) is 0 Å². The number of hydrogen-bond donors (Lipinski definition) is 1. The summed E-state index contributed by atoms with van der Waals surface area (Å²) < 4.78 is 2.74. The van der Waals surface area contributed by atoms with Crippen LogP contribution in [-0.2, 0) is 0 Å². The summed E-state index contributed by atoms with van der Waals surface area (Å²) >= 11 is 7.16. The molecule has 0 spiro atoms. The molecule has 0 radical (unpaired) electrons. The second kappa shape index (κ2) is 6.15. The van der Waals surface area contributed by atoms with Gasteiger partial charge in [-0.15, -0.1) is 0 Å². The predicted octanol–water partition coefficient (Wildman–Crippen LogP) is 3.32. The first-order valence-corrected chi connectivity index (χ1v) is 7.60. The van der Waals surface area contributed by atoms with E-state index in [0.717, 1.165) is 23.6 Å². The third-order valence-corrected chi connectivity index (χ3v) is 3.74. The van der Waals surface area contributed by atoms with Crippen LogP contribution in [0, 0.1) is 4.77 Å². The number of nitrogens with one attached hydrogen (secondary N) is 1. The van der Waals surface area contributed by atoms with Crippen LogP contribution in [0.15, 0.2) is 24.5 Å². The topological polar surface area (TPSA) is 46.5 Å². The zero-order chi connectivity index (χ0) is 13.0. The Kier molecular flexibility index (Phi) is 4.54. The van der Waals surface area contributed by atoms with Crippen molar-refractivity contribution in [2.24, 2.45) is 0 Å². The van der Waals surface area contributed by atoms with Crippen molar-refractivity contribution >= 4 is 24.0 Å². The number of pyridine rings is 1. The Hall–Kier alpha value is -1.14. The molecule has 0 fully saturated rings. The second-order valence-corrected chi connectivity index (χ2v) is 5.47. The highest BCUT2D eigenvalue weighted by Crippen LogP contribution is 2.22. The van der Waals surface area contributed by atoms with E-state index in [2.05, 4.69) is 32.9 Å². The molecule has 4 nitrogen and oxygen atoms in total. The Labute approximate surface area is 116 Å². The van der Waals surface area contributed by atoms with Crippen molar-refractivity contribution in [3.05, 3.63) is 29.3 Å². The van der Waals surface area contributed by atoms with Gasteiger partial charge in [-0.2, -0.15) is 16.9 Å². The van der Waals surface area contributed by atoms with E-state index in [1.165, 1.54) is 0 Å². The summed E-state index contributed by atoms with van der Waals surface area (Å²) in [6.07, 6.45) is 6.75. The monoisotopic (exact) mass is 280 g/mol. The normalized spacial score (nSPS) is 12.6. The van der Waals surface area contributed by atoms with E-state index >= 15 is 0 Å². The molecule has 0 aromatic carbocycles. The van der Waals surface area contributed by atoms with Gasteiger partial charge in [0.15, 0.2) is 10.6 Å². The predicted molar refractivity (Wildman–Crippen MR) is 78.4 cm³/mol. The summed E-state index contributed by atoms with van der Waals surface area (Å²) in [4.78, 5) is 4.13. The van der Waals surface area contributed by atoms with Crippen LogP contribution in [0.25, 0.3) is 11.4 Å². The van der Waals surface area contributed by atoms with E-state index in [1.54, 1.807) is 6.20 Å². The molecule has 2 rings (SSSR count). The lowest BCUT2D eigenvalue weighted by molar-refractivity contribution is 0.532. The molecule has 1 N–H and O–H groups in total. The minimum absolute atomic E-state index is 0.332. The molecule has 96 valence electrons. The maximum Gasteiger partial charge on any atom is 0.195 e. The summed E-state index contributed by atoms with van der Waals surface area (Å²) in [6, 6.07) is 4.23. The van der Waals surface area contributed by atoms with E-state index in [0.29, 0.717) is 10.8 Å². The highest BCUT2D eigenvalue weighted by Gasteiger charge is 2.14. The minimum atomic E-state index is 0.332. The number of aromatic nitrogens is 4. The summed E-state index contributed by atoms with van der Waals surface area (Å²) in [5.41, 5.74) is 0.987. The van der Waals surface area contributed by atoms with Crippen molar-refractivity contribution in [1.29, 1.82) is 0 Å². The second-order valence-electron chi connectivity index (χ2n) is 4.09. The van der Waals surface area contributed by atoms with Crippen LogP contribution >= 0.6 is 24.0 Å². The highest BCUT2D eigenvalue weighted by atomic mass is 32.2.